The van der Waals surface area contributed by atoms with Gasteiger partial charge in [-0.2, -0.15) is 0 Å². The Hall–Kier alpha value is -1.15. The molecule has 0 aromatic carbocycles. The van der Waals surface area contributed by atoms with Gasteiger partial charge in [0, 0.05) is 20.0 Å². The van der Waals surface area contributed by atoms with Crippen molar-refractivity contribution in [3.63, 3.8) is 0 Å². The van der Waals surface area contributed by atoms with Crippen LogP contribution in [0.2, 0.25) is 0 Å². The fourth-order valence-electron chi connectivity index (χ4n) is 0.659. The first-order valence-corrected chi connectivity index (χ1v) is 5.42. The molecule has 8 heteroatoms. The summed E-state index contributed by atoms with van der Waals surface area (Å²) < 4.78 is 23.8. The predicted octanol–water partition coefficient (Wildman–Crippen LogP) is -1.87. The van der Waals surface area contributed by atoms with Crippen molar-refractivity contribution in [2.24, 2.45) is 0 Å². The molecule has 0 radical (unpaired) electrons. The summed E-state index contributed by atoms with van der Waals surface area (Å²) in [5, 5.41) is 10.5. The highest BCUT2D eigenvalue weighted by atomic mass is 32.2. The molecule has 14 heavy (non-hydrogen) atoms. The fourth-order valence-corrected chi connectivity index (χ4v) is 1.50. The third-order valence-corrected chi connectivity index (χ3v) is 2.54. The Bertz CT molecular complexity index is 310. The Labute approximate surface area is 81.5 Å². The third-order valence-electron chi connectivity index (χ3n) is 1.27. The van der Waals surface area contributed by atoms with Gasteiger partial charge in [-0.3, -0.25) is 9.59 Å². The van der Waals surface area contributed by atoms with Crippen LogP contribution in [0.5, 0.6) is 0 Å². The molecule has 1 amide bonds. The molecule has 0 fully saturated rings. The van der Waals surface area contributed by atoms with E-state index >= 15 is 0 Å². The molecule has 7 nitrogen and oxygen atoms in total. The second kappa shape index (κ2) is 5.55. The van der Waals surface area contributed by atoms with Crippen LogP contribution in [0.25, 0.3) is 0 Å². The van der Waals surface area contributed by atoms with Gasteiger partial charge in [0.25, 0.3) is 0 Å². The van der Waals surface area contributed by atoms with E-state index in [9.17, 15) is 18.0 Å². The van der Waals surface area contributed by atoms with E-state index < -0.39 is 21.7 Å². The second-order valence-electron chi connectivity index (χ2n) is 2.47. The quantitative estimate of drug-likeness (QED) is 0.489. The Balaban J connectivity index is 3.89. The van der Waals surface area contributed by atoms with Crippen molar-refractivity contribution in [1.82, 2.24) is 10.0 Å². The number of carbonyl (C=O) groups is 2. The zero-order valence-corrected chi connectivity index (χ0v) is 8.43. The maximum Gasteiger partial charge on any atom is 0.320 e. The van der Waals surface area contributed by atoms with Crippen molar-refractivity contribution in [3.05, 3.63) is 0 Å². The van der Waals surface area contributed by atoms with E-state index in [-0.39, 0.29) is 18.9 Å². The maximum absolute atomic E-state index is 10.9. The highest BCUT2D eigenvalue weighted by Gasteiger charge is 2.14. The molecule has 0 aromatic heterocycles. The molecular formula is C6H12N2O5S. The average Bonchev–Trinajstić information content (AvgIpc) is 2.01. The highest BCUT2D eigenvalue weighted by Crippen LogP contribution is 1.85. The molecule has 0 aliphatic heterocycles. The smallest absolute Gasteiger partial charge is 0.320 e. The van der Waals surface area contributed by atoms with Gasteiger partial charge in [-0.05, 0) is 0 Å². The van der Waals surface area contributed by atoms with Crippen LogP contribution in [0.4, 0.5) is 0 Å². The lowest BCUT2D eigenvalue weighted by Gasteiger charge is -2.03. The monoisotopic (exact) mass is 224 g/mol. The number of rotatable bonds is 6. The minimum absolute atomic E-state index is 0.0185. The van der Waals surface area contributed by atoms with Gasteiger partial charge < -0.3 is 10.4 Å². The molecule has 82 valence electrons. The SMILES string of the molecule is CNC(=O)CCNS(=O)(=O)CC(=O)O. The molecule has 0 aliphatic carbocycles. The molecule has 0 saturated carbocycles. The van der Waals surface area contributed by atoms with Crippen LogP contribution < -0.4 is 10.0 Å². The summed E-state index contributed by atoms with van der Waals surface area (Å²) in [7, 11) is -2.39. The summed E-state index contributed by atoms with van der Waals surface area (Å²) in [4.78, 5) is 20.7. The van der Waals surface area contributed by atoms with E-state index in [1.807, 2.05) is 4.72 Å². The molecule has 0 saturated heterocycles. The standard InChI is InChI=1S/C6H12N2O5S/c1-7-5(9)2-3-8-14(12,13)4-6(10)11/h8H,2-4H2,1H3,(H,7,9)(H,10,11). The molecule has 0 spiro atoms. The molecule has 0 unspecified atom stereocenters. The summed E-state index contributed by atoms with van der Waals surface area (Å²) in [5.41, 5.74) is 0. The van der Waals surface area contributed by atoms with Crippen LogP contribution in [0, 0.1) is 0 Å². The van der Waals surface area contributed by atoms with Crippen molar-refractivity contribution >= 4 is 21.9 Å². The van der Waals surface area contributed by atoms with Crippen molar-refractivity contribution < 1.29 is 23.1 Å². The Morgan fingerprint density at radius 1 is 1.36 bits per heavy atom. The predicted molar refractivity (Wildman–Crippen MR) is 48.1 cm³/mol. The molecule has 3 N–H and O–H groups in total. The lowest BCUT2D eigenvalue weighted by Crippen LogP contribution is -2.33. The first-order chi connectivity index (χ1) is 6.37. The van der Waals surface area contributed by atoms with Crippen molar-refractivity contribution in [3.8, 4) is 0 Å². The number of aliphatic carboxylic acids is 1. The Morgan fingerprint density at radius 2 is 1.93 bits per heavy atom. The van der Waals surface area contributed by atoms with Crippen LogP contribution in [-0.4, -0.2) is 44.7 Å². The largest absolute Gasteiger partial charge is 0.480 e. The summed E-state index contributed by atoms with van der Waals surface area (Å²) in [6.07, 6.45) is -0.0185. The number of carbonyl (C=O) groups excluding carboxylic acids is 1. The Kier molecular flexibility index (Phi) is 5.10. The van der Waals surface area contributed by atoms with E-state index in [4.69, 9.17) is 5.11 Å². The lowest BCUT2D eigenvalue weighted by molar-refractivity contribution is -0.134. The Morgan fingerprint density at radius 3 is 2.36 bits per heavy atom. The number of hydrogen-bond acceptors (Lipinski definition) is 4. The van der Waals surface area contributed by atoms with Gasteiger partial charge in [0.05, 0.1) is 0 Å². The first-order valence-electron chi connectivity index (χ1n) is 3.77. The molecule has 0 atom stereocenters. The minimum atomic E-state index is -3.81. The second-order valence-corrected chi connectivity index (χ2v) is 4.28. The van der Waals surface area contributed by atoms with E-state index in [1.54, 1.807) is 0 Å². The van der Waals surface area contributed by atoms with Gasteiger partial charge in [0.2, 0.25) is 15.9 Å². The van der Waals surface area contributed by atoms with Crippen molar-refractivity contribution in [1.29, 1.82) is 0 Å². The molecule has 0 rings (SSSR count). The molecule has 0 aromatic rings. The third kappa shape index (κ3) is 6.38. The molecule has 0 aliphatic rings. The number of nitrogens with one attached hydrogen (secondary N) is 2. The summed E-state index contributed by atoms with van der Waals surface area (Å²) in [6, 6.07) is 0. The summed E-state index contributed by atoms with van der Waals surface area (Å²) in [6.45, 7) is -0.102. The molecular weight excluding hydrogens is 212 g/mol. The highest BCUT2D eigenvalue weighted by molar-refractivity contribution is 7.90. The van der Waals surface area contributed by atoms with Gasteiger partial charge in [-0.15, -0.1) is 0 Å². The number of carboxylic acid groups (broad SMARTS) is 1. The van der Waals surface area contributed by atoms with E-state index in [0.717, 1.165) is 0 Å². The van der Waals surface area contributed by atoms with Gasteiger partial charge in [-0.1, -0.05) is 0 Å². The van der Waals surface area contributed by atoms with Crippen LogP contribution in [0.1, 0.15) is 6.42 Å². The topological polar surface area (TPSA) is 113 Å². The summed E-state index contributed by atoms with van der Waals surface area (Å²) >= 11 is 0. The maximum atomic E-state index is 10.9. The zero-order valence-electron chi connectivity index (χ0n) is 7.61. The number of hydrogen-bond donors (Lipinski definition) is 3. The van der Waals surface area contributed by atoms with E-state index in [2.05, 4.69) is 5.32 Å². The normalized spacial score (nSPS) is 10.9. The zero-order chi connectivity index (χ0) is 11.2. The average molecular weight is 224 g/mol. The van der Waals surface area contributed by atoms with Crippen molar-refractivity contribution in [2.45, 2.75) is 6.42 Å². The van der Waals surface area contributed by atoms with Gasteiger partial charge in [0.15, 0.2) is 5.75 Å². The molecule has 0 bridgehead atoms. The van der Waals surface area contributed by atoms with E-state index in [0.29, 0.717) is 0 Å². The van der Waals surface area contributed by atoms with Crippen LogP contribution in [-0.2, 0) is 19.6 Å². The lowest BCUT2D eigenvalue weighted by atomic mass is 10.4. The number of sulfonamides is 1. The van der Waals surface area contributed by atoms with Gasteiger partial charge in [-0.25, -0.2) is 13.1 Å². The van der Waals surface area contributed by atoms with Crippen molar-refractivity contribution in [2.75, 3.05) is 19.3 Å². The molecule has 0 heterocycles. The van der Waals surface area contributed by atoms with Crippen LogP contribution in [0.15, 0.2) is 0 Å². The number of amides is 1. The fraction of sp³-hybridized carbons (Fsp3) is 0.667. The summed E-state index contributed by atoms with van der Waals surface area (Å²) in [5.74, 6) is -2.73. The first kappa shape index (κ1) is 12.8. The van der Waals surface area contributed by atoms with Crippen LogP contribution in [0.3, 0.4) is 0 Å². The van der Waals surface area contributed by atoms with Gasteiger partial charge >= 0.3 is 5.97 Å². The van der Waals surface area contributed by atoms with Gasteiger partial charge in [0.1, 0.15) is 0 Å². The number of carboxylic acids is 1. The minimum Gasteiger partial charge on any atom is -0.480 e. The van der Waals surface area contributed by atoms with Crippen LogP contribution >= 0.6 is 0 Å². The van der Waals surface area contributed by atoms with E-state index in [1.165, 1.54) is 7.05 Å².